The maximum atomic E-state index is 8.54. The average Bonchev–Trinajstić information content (AvgIpc) is 2.19. The maximum Gasteiger partial charge on any atom is 0.0991 e. The normalized spacial score (nSPS) is 9.85. The van der Waals surface area contributed by atoms with Crippen molar-refractivity contribution in [3.63, 3.8) is 0 Å². The van der Waals surface area contributed by atoms with Gasteiger partial charge in [0.05, 0.1) is 11.6 Å². The summed E-state index contributed by atoms with van der Waals surface area (Å²) in [6, 6.07) is 9.32. The van der Waals surface area contributed by atoms with E-state index in [1.807, 2.05) is 12.1 Å². The van der Waals surface area contributed by atoms with Crippen LogP contribution in [0.1, 0.15) is 5.56 Å². The van der Waals surface area contributed by atoms with Gasteiger partial charge in [-0.15, -0.1) is 0 Å². The molecule has 0 unspecified atom stereocenters. The second-order valence-electron chi connectivity index (χ2n) is 2.43. The Morgan fingerprint density at radius 3 is 2.62 bits per heavy atom. The summed E-state index contributed by atoms with van der Waals surface area (Å²) in [5.41, 5.74) is 3.11. The zero-order valence-corrected chi connectivity index (χ0v) is 7.75. The highest BCUT2D eigenvalue weighted by molar-refractivity contribution is 6.25. The Morgan fingerprint density at radius 2 is 2.08 bits per heavy atom. The van der Waals surface area contributed by atoms with Crippen molar-refractivity contribution in [2.75, 3.05) is 11.9 Å². The molecule has 66 valence electrons. The molecule has 0 aliphatic heterocycles. The zero-order chi connectivity index (χ0) is 9.52. The van der Waals surface area contributed by atoms with Crippen LogP contribution in [0, 0.1) is 11.3 Å². The first-order valence-corrected chi connectivity index (χ1v) is 4.29. The Hall–Kier alpha value is -1.46. The molecular formula is C10H9ClN2. The molecule has 0 radical (unpaired) electrons. The van der Waals surface area contributed by atoms with E-state index in [-0.39, 0.29) is 0 Å². The molecule has 1 aromatic rings. The lowest BCUT2D eigenvalue weighted by molar-refractivity contribution is 1.34. The molecule has 0 saturated heterocycles. The Labute approximate surface area is 82.4 Å². The molecule has 0 bridgehead atoms. The largest absolute Gasteiger partial charge is 0.382 e. The molecule has 2 nitrogen and oxygen atoms in total. The molecule has 1 rings (SSSR count). The standard InChI is InChI=1S/C10H9ClN2/c11-6-1-7-13-10-4-2-9(8-12)3-5-10/h1-6,13H,7H2/b6-1+. The number of halogens is 1. The molecule has 13 heavy (non-hydrogen) atoms. The van der Waals surface area contributed by atoms with Gasteiger partial charge in [0.1, 0.15) is 0 Å². The van der Waals surface area contributed by atoms with Crippen LogP contribution < -0.4 is 5.32 Å². The fourth-order valence-electron chi connectivity index (χ4n) is 0.884. The molecule has 0 aliphatic carbocycles. The van der Waals surface area contributed by atoms with Gasteiger partial charge in [0, 0.05) is 17.8 Å². The van der Waals surface area contributed by atoms with Gasteiger partial charge in [0.25, 0.3) is 0 Å². The van der Waals surface area contributed by atoms with E-state index in [1.54, 1.807) is 18.2 Å². The Balaban J connectivity index is 2.55. The van der Waals surface area contributed by atoms with Crippen molar-refractivity contribution in [3.8, 4) is 6.07 Å². The van der Waals surface area contributed by atoms with Crippen LogP contribution in [0.3, 0.4) is 0 Å². The predicted octanol–water partition coefficient (Wildman–Crippen LogP) is 2.72. The number of nitriles is 1. The van der Waals surface area contributed by atoms with E-state index in [1.165, 1.54) is 5.54 Å². The summed E-state index contributed by atoms with van der Waals surface area (Å²) < 4.78 is 0. The molecule has 0 aliphatic rings. The van der Waals surface area contributed by atoms with Crippen LogP contribution in [0.5, 0.6) is 0 Å². The minimum atomic E-state index is 0.665. The summed E-state index contributed by atoms with van der Waals surface area (Å²) in [6.07, 6.45) is 1.81. The van der Waals surface area contributed by atoms with Gasteiger partial charge in [-0.25, -0.2) is 0 Å². The molecule has 1 aromatic carbocycles. The van der Waals surface area contributed by atoms with Gasteiger partial charge in [-0.1, -0.05) is 17.7 Å². The van der Waals surface area contributed by atoms with Crippen molar-refractivity contribution in [3.05, 3.63) is 41.4 Å². The number of nitrogens with one attached hydrogen (secondary N) is 1. The van der Waals surface area contributed by atoms with Crippen molar-refractivity contribution in [2.24, 2.45) is 0 Å². The number of hydrogen-bond donors (Lipinski definition) is 1. The van der Waals surface area contributed by atoms with Gasteiger partial charge in [-0.3, -0.25) is 0 Å². The Bertz CT molecular complexity index is 322. The van der Waals surface area contributed by atoms with Crippen molar-refractivity contribution >= 4 is 17.3 Å². The van der Waals surface area contributed by atoms with Crippen LogP contribution in [0.4, 0.5) is 5.69 Å². The number of nitrogens with zero attached hydrogens (tertiary/aromatic N) is 1. The minimum absolute atomic E-state index is 0.665. The van der Waals surface area contributed by atoms with Crippen molar-refractivity contribution in [1.29, 1.82) is 5.26 Å². The van der Waals surface area contributed by atoms with Gasteiger partial charge >= 0.3 is 0 Å². The molecule has 1 N–H and O–H groups in total. The van der Waals surface area contributed by atoms with E-state index in [4.69, 9.17) is 16.9 Å². The molecule has 0 spiro atoms. The second-order valence-corrected chi connectivity index (χ2v) is 2.68. The maximum absolute atomic E-state index is 8.54. The predicted molar refractivity (Wildman–Crippen MR) is 54.6 cm³/mol. The molecule has 0 aromatic heterocycles. The van der Waals surface area contributed by atoms with E-state index in [0.29, 0.717) is 12.1 Å². The average molecular weight is 193 g/mol. The lowest BCUT2D eigenvalue weighted by atomic mass is 10.2. The Morgan fingerprint density at radius 1 is 1.38 bits per heavy atom. The number of rotatable bonds is 3. The fourth-order valence-corrected chi connectivity index (χ4v) is 0.973. The first-order valence-electron chi connectivity index (χ1n) is 3.86. The lowest BCUT2D eigenvalue weighted by Crippen LogP contribution is -1.97. The fraction of sp³-hybridized carbons (Fsp3) is 0.100. The minimum Gasteiger partial charge on any atom is -0.382 e. The third-order valence-electron chi connectivity index (χ3n) is 1.53. The van der Waals surface area contributed by atoms with E-state index < -0.39 is 0 Å². The molecule has 0 atom stereocenters. The van der Waals surface area contributed by atoms with Crippen molar-refractivity contribution < 1.29 is 0 Å². The summed E-state index contributed by atoms with van der Waals surface area (Å²) in [6.45, 7) is 0.690. The van der Waals surface area contributed by atoms with Crippen molar-refractivity contribution in [2.45, 2.75) is 0 Å². The molecule has 3 heteroatoms. The second kappa shape index (κ2) is 5.23. The SMILES string of the molecule is N#Cc1ccc(NC/C=C/Cl)cc1. The van der Waals surface area contributed by atoms with Gasteiger partial charge in [-0.05, 0) is 24.3 Å². The zero-order valence-electron chi connectivity index (χ0n) is 7.00. The quantitative estimate of drug-likeness (QED) is 0.800. The van der Waals surface area contributed by atoms with Crippen molar-refractivity contribution in [1.82, 2.24) is 0 Å². The first-order chi connectivity index (χ1) is 6.36. The summed E-state index contributed by atoms with van der Waals surface area (Å²) in [5, 5.41) is 11.7. The van der Waals surface area contributed by atoms with Gasteiger partial charge in [-0.2, -0.15) is 5.26 Å². The summed E-state index contributed by atoms with van der Waals surface area (Å²) in [4.78, 5) is 0. The van der Waals surface area contributed by atoms with Crippen LogP contribution >= 0.6 is 11.6 Å². The highest BCUT2D eigenvalue weighted by Gasteiger charge is 1.90. The van der Waals surface area contributed by atoms with Gasteiger partial charge in [0.15, 0.2) is 0 Å². The number of hydrogen-bond acceptors (Lipinski definition) is 2. The van der Waals surface area contributed by atoms with E-state index in [0.717, 1.165) is 5.69 Å². The van der Waals surface area contributed by atoms with Gasteiger partial charge in [0.2, 0.25) is 0 Å². The summed E-state index contributed by atoms with van der Waals surface area (Å²) >= 11 is 5.35. The number of benzene rings is 1. The van der Waals surface area contributed by atoms with Crippen LogP contribution in [-0.2, 0) is 0 Å². The highest BCUT2D eigenvalue weighted by Crippen LogP contribution is 2.07. The third-order valence-corrected chi connectivity index (χ3v) is 1.71. The van der Waals surface area contributed by atoms with Crippen LogP contribution in [0.25, 0.3) is 0 Å². The molecular weight excluding hydrogens is 184 g/mol. The first kappa shape index (κ1) is 9.63. The van der Waals surface area contributed by atoms with Gasteiger partial charge < -0.3 is 5.32 Å². The van der Waals surface area contributed by atoms with Crippen LogP contribution in [-0.4, -0.2) is 6.54 Å². The highest BCUT2D eigenvalue weighted by atomic mass is 35.5. The Kier molecular flexibility index (Phi) is 3.87. The topological polar surface area (TPSA) is 35.8 Å². The molecule has 0 saturated carbocycles. The van der Waals surface area contributed by atoms with E-state index in [9.17, 15) is 0 Å². The molecule has 0 heterocycles. The lowest BCUT2D eigenvalue weighted by Gasteiger charge is -2.01. The third kappa shape index (κ3) is 3.18. The smallest absolute Gasteiger partial charge is 0.0991 e. The van der Waals surface area contributed by atoms with Crippen LogP contribution in [0.15, 0.2) is 35.9 Å². The summed E-state index contributed by atoms with van der Waals surface area (Å²) in [5.74, 6) is 0. The van der Waals surface area contributed by atoms with E-state index in [2.05, 4.69) is 11.4 Å². The monoisotopic (exact) mass is 192 g/mol. The molecule has 0 amide bonds. The van der Waals surface area contributed by atoms with Crippen LogP contribution in [0.2, 0.25) is 0 Å². The number of anilines is 1. The van der Waals surface area contributed by atoms with E-state index >= 15 is 0 Å². The summed E-state index contributed by atoms with van der Waals surface area (Å²) in [7, 11) is 0. The molecule has 0 fully saturated rings.